The molecular formula is C9H11OS. The van der Waals surface area contributed by atoms with Gasteiger partial charge in [-0.05, 0) is 31.4 Å². The van der Waals surface area contributed by atoms with Gasteiger partial charge in [-0.25, -0.2) is 0 Å². The summed E-state index contributed by atoms with van der Waals surface area (Å²) in [6.45, 7) is 4.09. The Morgan fingerprint density at radius 3 is 3.00 bits per heavy atom. The molecule has 0 fully saturated rings. The number of hydrogen-bond acceptors (Lipinski definition) is 2. The molecule has 0 saturated heterocycles. The molecule has 0 amide bonds. The monoisotopic (exact) mass is 167 g/mol. The molecular weight excluding hydrogens is 156 g/mol. The van der Waals surface area contributed by atoms with Gasteiger partial charge < -0.3 is 4.74 Å². The van der Waals surface area contributed by atoms with Crippen molar-refractivity contribution in [3.8, 4) is 5.75 Å². The Balaban J connectivity index is 2.74. The van der Waals surface area contributed by atoms with Crippen molar-refractivity contribution in [3.05, 3.63) is 31.2 Å². The maximum atomic E-state index is 5.22. The molecule has 0 bridgehead atoms. The van der Waals surface area contributed by atoms with Gasteiger partial charge in [-0.2, -0.15) is 0 Å². The summed E-state index contributed by atoms with van der Waals surface area (Å²) < 4.78 is 5.22. The van der Waals surface area contributed by atoms with Gasteiger partial charge in [0, 0.05) is 4.90 Å². The Morgan fingerprint density at radius 1 is 1.55 bits per heavy atom. The van der Waals surface area contributed by atoms with Gasteiger partial charge in [-0.15, -0.1) is 11.8 Å². The average molecular weight is 167 g/mol. The predicted molar refractivity (Wildman–Crippen MR) is 49.1 cm³/mol. The van der Waals surface area contributed by atoms with Crippen LogP contribution in [0, 0.1) is 6.92 Å². The van der Waals surface area contributed by atoms with Gasteiger partial charge in [-0.1, -0.05) is 6.07 Å². The van der Waals surface area contributed by atoms with E-state index in [0.29, 0.717) is 6.61 Å². The molecule has 0 heterocycles. The average Bonchev–Trinajstić information content (AvgIpc) is 2.06. The molecule has 2 heteroatoms. The van der Waals surface area contributed by atoms with Crippen molar-refractivity contribution in [1.82, 2.24) is 0 Å². The Kier molecular flexibility index (Phi) is 3.30. The number of hydrogen-bond donors (Lipinski definition) is 0. The first-order valence-electron chi connectivity index (χ1n) is 3.43. The van der Waals surface area contributed by atoms with E-state index in [4.69, 9.17) is 4.74 Å². The van der Waals surface area contributed by atoms with E-state index in [9.17, 15) is 0 Å². The van der Waals surface area contributed by atoms with Gasteiger partial charge in [-0.3, -0.25) is 0 Å². The second kappa shape index (κ2) is 4.29. The normalized spacial score (nSPS) is 9.64. The predicted octanol–water partition coefficient (Wildman–Crippen LogP) is 2.62. The number of thioether (sulfide) groups is 1. The minimum Gasteiger partial charge on any atom is -0.494 e. The topological polar surface area (TPSA) is 9.23 Å². The molecule has 0 unspecified atom stereocenters. The molecule has 11 heavy (non-hydrogen) atoms. The fourth-order valence-corrected chi connectivity index (χ4v) is 1.26. The molecule has 0 spiro atoms. The zero-order valence-electron chi connectivity index (χ0n) is 6.54. The highest BCUT2D eigenvalue weighted by Crippen LogP contribution is 2.20. The van der Waals surface area contributed by atoms with E-state index in [2.05, 4.69) is 13.0 Å². The molecule has 1 aromatic rings. The van der Waals surface area contributed by atoms with E-state index in [1.807, 2.05) is 24.5 Å². The second-order valence-corrected chi connectivity index (χ2v) is 2.91. The van der Waals surface area contributed by atoms with Gasteiger partial charge >= 0.3 is 0 Å². The van der Waals surface area contributed by atoms with Crippen molar-refractivity contribution < 1.29 is 4.74 Å². The fraction of sp³-hybridized carbons (Fsp3) is 0.222. The lowest BCUT2D eigenvalue weighted by Crippen LogP contribution is -1.90. The van der Waals surface area contributed by atoms with Crippen LogP contribution in [0.15, 0.2) is 29.2 Å². The highest BCUT2D eigenvalue weighted by atomic mass is 32.2. The molecule has 0 saturated carbocycles. The summed E-state index contributed by atoms with van der Waals surface area (Å²) in [5, 5.41) is 0. The minimum absolute atomic E-state index is 0.484. The van der Waals surface area contributed by atoms with E-state index in [1.54, 1.807) is 11.8 Å². The lowest BCUT2D eigenvalue weighted by molar-refractivity contribution is 0.360. The van der Waals surface area contributed by atoms with Crippen LogP contribution >= 0.6 is 11.8 Å². The fourth-order valence-electron chi connectivity index (χ4n) is 0.809. The van der Waals surface area contributed by atoms with Gasteiger partial charge in [0.1, 0.15) is 5.75 Å². The van der Waals surface area contributed by atoms with E-state index in [0.717, 1.165) is 5.75 Å². The van der Waals surface area contributed by atoms with Crippen LogP contribution in [0.4, 0.5) is 0 Å². The summed E-state index contributed by atoms with van der Waals surface area (Å²) in [4.78, 5) is 1.22. The molecule has 0 atom stereocenters. The lowest BCUT2D eigenvalue weighted by Gasteiger charge is -2.03. The quantitative estimate of drug-likeness (QED) is 0.640. The molecule has 0 aromatic heterocycles. The second-order valence-electron chi connectivity index (χ2n) is 2.03. The maximum Gasteiger partial charge on any atom is 0.120 e. The van der Waals surface area contributed by atoms with Crippen LogP contribution in [0.1, 0.15) is 0 Å². The summed E-state index contributed by atoms with van der Waals surface area (Å²) >= 11 is 1.71. The zero-order valence-corrected chi connectivity index (χ0v) is 7.36. The molecule has 1 radical (unpaired) electrons. The van der Waals surface area contributed by atoms with Crippen LogP contribution in [0.25, 0.3) is 0 Å². The highest BCUT2D eigenvalue weighted by Gasteiger charge is 1.92. The number of ether oxygens (including phenoxy) is 1. The van der Waals surface area contributed by atoms with Crippen LogP contribution in [0.5, 0.6) is 5.75 Å². The highest BCUT2D eigenvalue weighted by molar-refractivity contribution is 7.98. The molecule has 0 aliphatic carbocycles. The third-order valence-electron chi connectivity index (χ3n) is 1.31. The molecule has 1 aromatic carbocycles. The van der Waals surface area contributed by atoms with E-state index >= 15 is 0 Å². The molecule has 1 rings (SSSR count). The Labute approximate surface area is 71.8 Å². The number of benzene rings is 1. The van der Waals surface area contributed by atoms with Gasteiger partial charge in [0.05, 0.1) is 6.61 Å². The van der Waals surface area contributed by atoms with Crippen LogP contribution in [0.2, 0.25) is 0 Å². The minimum atomic E-state index is 0.484. The largest absolute Gasteiger partial charge is 0.494 e. The van der Waals surface area contributed by atoms with Crippen molar-refractivity contribution in [1.29, 1.82) is 0 Å². The molecule has 59 valence electrons. The summed E-state index contributed by atoms with van der Waals surface area (Å²) in [6.07, 6.45) is 2.04. The van der Waals surface area contributed by atoms with Crippen LogP contribution in [-0.4, -0.2) is 12.9 Å². The van der Waals surface area contributed by atoms with Gasteiger partial charge in [0.2, 0.25) is 0 Å². The Hall–Kier alpha value is -0.630. The first-order valence-corrected chi connectivity index (χ1v) is 4.65. The first-order chi connectivity index (χ1) is 5.36. The van der Waals surface area contributed by atoms with Crippen molar-refractivity contribution in [2.45, 2.75) is 4.90 Å². The van der Waals surface area contributed by atoms with Crippen molar-refractivity contribution in [2.75, 3.05) is 12.9 Å². The van der Waals surface area contributed by atoms with Crippen molar-refractivity contribution >= 4 is 11.8 Å². The maximum absolute atomic E-state index is 5.22. The van der Waals surface area contributed by atoms with E-state index < -0.39 is 0 Å². The van der Waals surface area contributed by atoms with E-state index in [-0.39, 0.29) is 0 Å². The SMILES string of the molecule is [CH2]COc1cccc(SC)c1. The Morgan fingerprint density at radius 2 is 2.36 bits per heavy atom. The first kappa shape index (κ1) is 8.47. The summed E-state index contributed by atoms with van der Waals surface area (Å²) in [5.74, 6) is 0.895. The summed E-state index contributed by atoms with van der Waals surface area (Å²) in [6, 6.07) is 7.98. The zero-order chi connectivity index (χ0) is 8.10. The van der Waals surface area contributed by atoms with Crippen LogP contribution in [0.3, 0.4) is 0 Å². The molecule has 0 aliphatic rings. The lowest BCUT2D eigenvalue weighted by atomic mass is 10.3. The molecule has 0 aliphatic heterocycles. The van der Waals surface area contributed by atoms with Gasteiger partial charge in [0.15, 0.2) is 0 Å². The van der Waals surface area contributed by atoms with Crippen molar-refractivity contribution in [2.24, 2.45) is 0 Å². The van der Waals surface area contributed by atoms with Crippen LogP contribution in [-0.2, 0) is 0 Å². The summed E-state index contributed by atoms with van der Waals surface area (Å²) in [5.41, 5.74) is 0. The van der Waals surface area contributed by atoms with Crippen molar-refractivity contribution in [3.63, 3.8) is 0 Å². The van der Waals surface area contributed by atoms with Crippen LogP contribution < -0.4 is 4.74 Å². The number of rotatable bonds is 3. The summed E-state index contributed by atoms with van der Waals surface area (Å²) in [7, 11) is 0. The molecule has 0 N–H and O–H groups in total. The Bertz CT molecular complexity index is 223. The van der Waals surface area contributed by atoms with E-state index in [1.165, 1.54) is 4.90 Å². The van der Waals surface area contributed by atoms with Gasteiger partial charge in [0.25, 0.3) is 0 Å². The molecule has 1 nitrogen and oxygen atoms in total. The smallest absolute Gasteiger partial charge is 0.120 e. The third-order valence-corrected chi connectivity index (χ3v) is 2.04. The third kappa shape index (κ3) is 2.46. The standard InChI is InChI=1S/C9H11OS/c1-3-10-8-5-4-6-9(7-8)11-2/h4-7H,1,3H2,2H3.